The molecule has 0 saturated carbocycles. The van der Waals surface area contributed by atoms with Crippen molar-refractivity contribution in [2.24, 2.45) is 0 Å². The highest BCUT2D eigenvalue weighted by atomic mass is 16.5. The number of likely N-dealkylation sites (tertiary alicyclic amines) is 2. The first-order valence-corrected chi connectivity index (χ1v) is 14.3. The van der Waals surface area contributed by atoms with Crippen molar-refractivity contribution in [2.75, 3.05) is 14.1 Å². The molecule has 2 N–H and O–H groups in total. The lowest BCUT2D eigenvalue weighted by Crippen LogP contribution is -2.60. The summed E-state index contributed by atoms with van der Waals surface area (Å²) in [4.78, 5) is 29.6. The van der Waals surface area contributed by atoms with E-state index in [-0.39, 0.29) is 51.8 Å². The number of rotatable bonds is 11. The number of nitrogens with zero attached hydrogens (tertiary/aromatic N) is 2. The third-order valence-corrected chi connectivity index (χ3v) is 9.15. The first-order chi connectivity index (χ1) is 16.5. The Hall–Kier alpha value is -1.18. The van der Waals surface area contributed by atoms with Crippen molar-refractivity contribution in [1.29, 1.82) is 0 Å². The van der Waals surface area contributed by atoms with Crippen molar-refractivity contribution in [3.63, 3.8) is 0 Å². The normalized spacial score (nSPS) is 23.7. The Morgan fingerprint density at radius 2 is 0.811 bits per heavy atom. The van der Waals surface area contributed by atoms with E-state index < -0.39 is 0 Å². The van der Waals surface area contributed by atoms with Crippen LogP contribution in [-0.2, 0) is 19.1 Å². The number of esters is 2. The molecular weight excluding hydrogens is 468 g/mol. The quantitative estimate of drug-likeness (QED) is 0.254. The summed E-state index contributed by atoms with van der Waals surface area (Å²) in [7, 11) is 4.33. The smallest absolute Gasteiger partial charge is 0.306 e. The predicted molar refractivity (Wildman–Crippen MR) is 151 cm³/mol. The number of hydrogen-bond donors (Lipinski definition) is 0. The zero-order valence-corrected chi connectivity index (χ0v) is 25.7. The van der Waals surface area contributed by atoms with Crippen molar-refractivity contribution in [1.82, 2.24) is 9.80 Å². The van der Waals surface area contributed by atoms with Gasteiger partial charge in [0.05, 0.1) is 0 Å². The largest absolute Gasteiger partial charge is 0.462 e. The van der Waals surface area contributed by atoms with Crippen molar-refractivity contribution in [2.45, 2.75) is 167 Å². The molecule has 2 rings (SSSR count). The van der Waals surface area contributed by atoms with E-state index in [1.54, 1.807) is 0 Å². The van der Waals surface area contributed by atoms with E-state index in [0.29, 0.717) is 12.8 Å². The van der Waals surface area contributed by atoms with Gasteiger partial charge in [-0.15, -0.1) is 0 Å². The van der Waals surface area contributed by atoms with E-state index in [4.69, 9.17) is 9.47 Å². The monoisotopic (exact) mass is 526 g/mol. The Balaban J connectivity index is 0.00000684. The van der Waals surface area contributed by atoms with Gasteiger partial charge in [0.25, 0.3) is 0 Å². The van der Waals surface area contributed by atoms with Crippen LogP contribution in [0.3, 0.4) is 0 Å². The van der Waals surface area contributed by atoms with E-state index in [2.05, 4.69) is 79.3 Å². The fraction of sp³-hybridized carbons (Fsp3) is 0.933. The highest BCUT2D eigenvalue weighted by molar-refractivity contribution is 5.69. The van der Waals surface area contributed by atoms with Crippen LogP contribution >= 0.6 is 0 Å². The molecule has 7 heteroatoms. The molecular formula is C30H58N2O5. The minimum atomic E-state index is -0.0563. The molecule has 0 aromatic carbocycles. The molecule has 2 saturated heterocycles. The van der Waals surface area contributed by atoms with Crippen LogP contribution in [0.25, 0.3) is 0 Å². The maximum absolute atomic E-state index is 12.4. The molecule has 2 aliphatic heterocycles. The maximum Gasteiger partial charge on any atom is 0.306 e. The summed E-state index contributed by atoms with van der Waals surface area (Å²) >= 11 is 0. The zero-order valence-electron chi connectivity index (χ0n) is 25.7. The van der Waals surface area contributed by atoms with E-state index in [9.17, 15) is 9.59 Å². The number of carbonyl (C=O) groups excluding carboxylic acids is 2. The average molecular weight is 527 g/mol. The Morgan fingerprint density at radius 1 is 0.568 bits per heavy atom. The molecule has 218 valence electrons. The van der Waals surface area contributed by atoms with Crippen LogP contribution in [-0.4, -0.2) is 75.7 Å². The maximum atomic E-state index is 12.4. The van der Waals surface area contributed by atoms with Gasteiger partial charge in [0.15, 0.2) is 0 Å². The van der Waals surface area contributed by atoms with Gasteiger partial charge in [-0.2, -0.15) is 0 Å². The van der Waals surface area contributed by atoms with Gasteiger partial charge in [-0.3, -0.25) is 19.4 Å². The number of piperidine rings is 2. The summed E-state index contributed by atoms with van der Waals surface area (Å²) in [6.07, 6.45) is 10.5. The topological polar surface area (TPSA) is 90.6 Å². The van der Waals surface area contributed by atoms with Crippen LogP contribution in [0.4, 0.5) is 0 Å². The third kappa shape index (κ3) is 9.81. The van der Waals surface area contributed by atoms with Gasteiger partial charge < -0.3 is 14.9 Å². The summed E-state index contributed by atoms with van der Waals surface area (Å²) in [5.41, 5.74) is 0.109. The molecule has 0 aromatic heterocycles. The second-order valence-electron chi connectivity index (χ2n) is 14.0. The summed E-state index contributed by atoms with van der Waals surface area (Å²) in [6, 6.07) is 0. The fourth-order valence-electron chi connectivity index (χ4n) is 6.46. The second kappa shape index (κ2) is 13.3. The zero-order chi connectivity index (χ0) is 27.4. The van der Waals surface area contributed by atoms with Crippen LogP contribution in [0, 0.1) is 0 Å². The molecule has 0 aromatic rings. The van der Waals surface area contributed by atoms with Gasteiger partial charge in [0.2, 0.25) is 0 Å². The number of unbranched alkanes of at least 4 members (excludes halogenated alkanes) is 5. The van der Waals surface area contributed by atoms with E-state index in [0.717, 1.165) is 64.2 Å². The number of carbonyl (C=O) groups is 2. The fourth-order valence-corrected chi connectivity index (χ4v) is 6.46. The first-order valence-electron chi connectivity index (χ1n) is 14.3. The van der Waals surface area contributed by atoms with Crippen LogP contribution < -0.4 is 0 Å². The Morgan fingerprint density at radius 3 is 1.08 bits per heavy atom. The van der Waals surface area contributed by atoms with Crippen molar-refractivity contribution >= 4 is 11.9 Å². The van der Waals surface area contributed by atoms with Crippen molar-refractivity contribution in [3.8, 4) is 0 Å². The van der Waals surface area contributed by atoms with E-state index in [1.165, 1.54) is 0 Å². The summed E-state index contributed by atoms with van der Waals surface area (Å²) in [6.45, 7) is 17.8. The molecule has 2 heterocycles. The molecule has 0 amide bonds. The van der Waals surface area contributed by atoms with E-state index >= 15 is 0 Å². The van der Waals surface area contributed by atoms with Crippen molar-refractivity contribution < 1.29 is 24.5 Å². The third-order valence-electron chi connectivity index (χ3n) is 9.15. The lowest BCUT2D eigenvalue weighted by molar-refractivity contribution is -0.160. The summed E-state index contributed by atoms with van der Waals surface area (Å²) in [5, 5.41) is 0. The molecule has 2 fully saturated rings. The lowest BCUT2D eigenvalue weighted by Gasteiger charge is -2.53. The highest BCUT2D eigenvalue weighted by Crippen LogP contribution is 2.39. The Labute approximate surface area is 227 Å². The van der Waals surface area contributed by atoms with Crippen LogP contribution in [0.15, 0.2) is 0 Å². The Bertz CT molecular complexity index is 648. The minimum absolute atomic E-state index is 0. The molecule has 2 aliphatic rings. The van der Waals surface area contributed by atoms with Gasteiger partial charge in [-0.25, -0.2) is 0 Å². The molecule has 0 spiro atoms. The minimum Gasteiger partial charge on any atom is -0.462 e. The lowest BCUT2D eigenvalue weighted by atomic mass is 9.78. The SMILES string of the molecule is CN1C(C)(C)CC(OC(=O)CCCCCCCCC(=O)OC2CC(C)(C)N(C)C(C)(C)C2)CC1(C)C.O. The molecule has 0 atom stereocenters. The van der Waals surface area contributed by atoms with Gasteiger partial charge in [-0.1, -0.05) is 25.7 Å². The van der Waals surface area contributed by atoms with Gasteiger partial charge in [0, 0.05) is 60.7 Å². The van der Waals surface area contributed by atoms with E-state index in [1.807, 2.05) is 0 Å². The summed E-state index contributed by atoms with van der Waals surface area (Å²) in [5.74, 6) is -0.113. The van der Waals surface area contributed by atoms with Crippen LogP contribution in [0.1, 0.15) is 132 Å². The van der Waals surface area contributed by atoms with Gasteiger partial charge in [0.1, 0.15) is 12.2 Å². The highest BCUT2D eigenvalue weighted by Gasteiger charge is 2.45. The standard InChI is InChI=1S/C30H56N2O4.H2O/c1-27(2)19-23(20-28(3,4)31(27)9)35-25(33)17-15-13-11-12-14-16-18-26(34)36-24-21-29(5,6)32(10)30(7,8)22-24;/h23-24H,11-22H2,1-10H3;1H2. The van der Waals surface area contributed by atoms with Crippen LogP contribution in [0.5, 0.6) is 0 Å². The van der Waals surface area contributed by atoms with Gasteiger partial charge in [-0.05, 0) is 82.3 Å². The molecule has 0 radical (unpaired) electrons. The molecule has 0 unspecified atom stereocenters. The molecule has 0 bridgehead atoms. The Kier molecular flexibility index (Phi) is 12.1. The van der Waals surface area contributed by atoms with Gasteiger partial charge >= 0.3 is 11.9 Å². The first kappa shape index (κ1) is 33.8. The summed E-state index contributed by atoms with van der Waals surface area (Å²) < 4.78 is 11.7. The number of hydrogen-bond acceptors (Lipinski definition) is 6. The average Bonchev–Trinajstić information content (AvgIpc) is 2.71. The molecule has 0 aliphatic carbocycles. The second-order valence-corrected chi connectivity index (χ2v) is 14.0. The number of ether oxygens (including phenoxy) is 2. The predicted octanol–water partition coefficient (Wildman–Crippen LogP) is 5.67. The molecule has 37 heavy (non-hydrogen) atoms. The van der Waals surface area contributed by atoms with Crippen molar-refractivity contribution in [3.05, 3.63) is 0 Å². The molecule has 7 nitrogen and oxygen atoms in total. The van der Waals surface area contributed by atoms with Crippen LogP contribution in [0.2, 0.25) is 0 Å².